The minimum atomic E-state index is -3.06. The van der Waals surface area contributed by atoms with E-state index >= 15 is 0 Å². The Morgan fingerprint density at radius 3 is 2.52 bits per heavy atom. The highest BCUT2D eigenvalue weighted by Crippen LogP contribution is 2.20. The second-order valence-electron chi connectivity index (χ2n) is 6.02. The van der Waals surface area contributed by atoms with Crippen LogP contribution in [-0.2, 0) is 16.6 Å². The number of benzene rings is 1. The van der Waals surface area contributed by atoms with Gasteiger partial charge in [-0.1, -0.05) is 18.2 Å². The van der Waals surface area contributed by atoms with Crippen molar-refractivity contribution in [3.05, 3.63) is 41.6 Å². The van der Waals surface area contributed by atoms with Crippen molar-refractivity contribution in [3.8, 4) is 0 Å². The first-order valence-electron chi connectivity index (χ1n) is 8.05. The molecule has 124 valence electrons. The van der Waals surface area contributed by atoms with E-state index in [2.05, 4.69) is 22.0 Å². The van der Waals surface area contributed by atoms with Crippen LogP contribution in [0.4, 0.5) is 0 Å². The summed E-state index contributed by atoms with van der Waals surface area (Å²) in [6.07, 6.45) is 0. The zero-order valence-corrected chi connectivity index (χ0v) is 14.5. The molecule has 23 heavy (non-hydrogen) atoms. The van der Waals surface area contributed by atoms with E-state index in [1.54, 1.807) is 11.2 Å². The van der Waals surface area contributed by atoms with Crippen LogP contribution in [0, 0.1) is 6.92 Å². The van der Waals surface area contributed by atoms with Crippen molar-refractivity contribution in [2.45, 2.75) is 20.4 Å². The van der Waals surface area contributed by atoms with Gasteiger partial charge in [0.05, 0.1) is 11.3 Å². The number of sulfonamides is 1. The highest BCUT2D eigenvalue weighted by Gasteiger charge is 2.25. The van der Waals surface area contributed by atoms with Crippen molar-refractivity contribution in [1.29, 1.82) is 0 Å². The van der Waals surface area contributed by atoms with E-state index in [-0.39, 0.29) is 5.75 Å². The molecule has 1 saturated heterocycles. The van der Waals surface area contributed by atoms with Gasteiger partial charge in [-0.3, -0.25) is 9.88 Å². The Kier molecular flexibility index (Phi) is 4.66. The second kappa shape index (κ2) is 6.55. The summed E-state index contributed by atoms with van der Waals surface area (Å²) < 4.78 is 25.5. The molecule has 0 radical (unpaired) electrons. The molecule has 1 aromatic carbocycles. The van der Waals surface area contributed by atoms with Crippen molar-refractivity contribution in [1.82, 2.24) is 14.2 Å². The van der Waals surface area contributed by atoms with Crippen LogP contribution in [-0.4, -0.2) is 54.5 Å². The van der Waals surface area contributed by atoms with Crippen LogP contribution in [0.1, 0.15) is 18.2 Å². The number of aromatic nitrogens is 1. The van der Waals surface area contributed by atoms with Crippen molar-refractivity contribution in [2.24, 2.45) is 0 Å². The summed E-state index contributed by atoms with van der Waals surface area (Å²) in [6, 6.07) is 10.3. The molecular weight excluding hydrogens is 310 g/mol. The van der Waals surface area contributed by atoms with E-state index in [1.165, 1.54) is 10.9 Å². The Morgan fingerprint density at radius 2 is 1.83 bits per heavy atom. The third-order valence-electron chi connectivity index (χ3n) is 4.41. The average molecular weight is 333 g/mol. The first-order chi connectivity index (χ1) is 11.0. The maximum Gasteiger partial charge on any atom is 0.213 e. The number of hydrogen-bond donors (Lipinski definition) is 0. The molecule has 1 aliphatic heterocycles. The fourth-order valence-electron chi connectivity index (χ4n) is 3.11. The van der Waals surface area contributed by atoms with Gasteiger partial charge >= 0.3 is 0 Å². The van der Waals surface area contributed by atoms with Gasteiger partial charge in [0.1, 0.15) is 0 Å². The van der Waals surface area contributed by atoms with Crippen molar-refractivity contribution in [3.63, 3.8) is 0 Å². The number of piperazine rings is 1. The first-order valence-corrected chi connectivity index (χ1v) is 9.66. The van der Waals surface area contributed by atoms with E-state index in [1.807, 2.05) is 25.1 Å². The summed E-state index contributed by atoms with van der Waals surface area (Å²) in [6.45, 7) is 7.26. The van der Waals surface area contributed by atoms with Gasteiger partial charge in [-0.15, -0.1) is 0 Å². The SMILES string of the molecule is CCS(=O)(=O)N1CCN(Cc2cc(C)nc3ccccc23)CC1. The zero-order chi connectivity index (χ0) is 16.4. The lowest BCUT2D eigenvalue weighted by atomic mass is 10.1. The Balaban J connectivity index is 1.75. The van der Waals surface area contributed by atoms with Gasteiger partial charge in [-0.25, -0.2) is 8.42 Å². The van der Waals surface area contributed by atoms with Gasteiger partial charge in [0, 0.05) is 43.8 Å². The minimum Gasteiger partial charge on any atom is -0.296 e. The van der Waals surface area contributed by atoms with E-state index in [4.69, 9.17) is 0 Å². The number of aryl methyl sites for hydroxylation is 1. The van der Waals surface area contributed by atoms with Gasteiger partial charge in [0.15, 0.2) is 0 Å². The molecule has 0 atom stereocenters. The third-order valence-corrected chi connectivity index (χ3v) is 6.29. The summed E-state index contributed by atoms with van der Waals surface area (Å²) in [7, 11) is -3.06. The predicted molar refractivity (Wildman–Crippen MR) is 92.8 cm³/mol. The van der Waals surface area contributed by atoms with Gasteiger partial charge in [-0.05, 0) is 31.5 Å². The zero-order valence-electron chi connectivity index (χ0n) is 13.7. The lowest BCUT2D eigenvalue weighted by molar-refractivity contribution is 0.182. The van der Waals surface area contributed by atoms with Crippen LogP contribution in [0.15, 0.2) is 30.3 Å². The summed E-state index contributed by atoms with van der Waals surface area (Å²) >= 11 is 0. The molecule has 2 aromatic rings. The number of pyridine rings is 1. The van der Waals surface area contributed by atoms with Crippen LogP contribution in [0.3, 0.4) is 0 Å². The molecule has 0 amide bonds. The first kappa shape index (κ1) is 16.4. The highest BCUT2D eigenvalue weighted by atomic mass is 32.2. The molecular formula is C17H23N3O2S. The molecule has 0 spiro atoms. The summed E-state index contributed by atoms with van der Waals surface area (Å²) in [4.78, 5) is 6.90. The fraction of sp³-hybridized carbons (Fsp3) is 0.471. The van der Waals surface area contributed by atoms with Gasteiger partial charge < -0.3 is 0 Å². The number of para-hydroxylation sites is 1. The Labute approximate surface area is 138 Å². The third kappa shape index (κ3) is 3.54. The molecule has 1 aromatic heterocycles. The van der Waals surface area contributed by atoms with Crippen molar-refractivity contribution in [2.75, 3.05) is 31.9 Å². The molecule has 1 fully saturated rings. The topological polar surface area (TPSA) is 53.5 Å². The van der Waals surface area contributed by atoms with Crippen LogP contribution in [0.2, 0.25) is 0 Å². The highest BCUT2D eigenvalue weighted by molar-refractivity contribution is 7.89. The molecule has 0 saturated carbocycles. The van der Waals surface area contributed by atoms with Crippen LogP contribution in [0.5, 0.6) is 0 Å². The molecule has 2 heterocycles. The Hall–Kier alpha value is -1.50. The molecule has 0 aliphatic carbocycles. The van der Waals surface area contributed by atoms with Gasteiger partial charge in [0.25, 0.3) is 0 Å². The Bertz CT molecular complexity index is 797. The molecule has 0 unspecified atom stereocenters. The lowest BCUT2D eigenvalue weighted by Gasteiger charge is -2.34. The second-order valence-corrected chi connectivity index (χ2v) is 8.27. The summed E-state index contributed by atoms with van der Waals surface area (Å²) in [5.74, 6) is 0.182. The number of nitrogens with zero attached hydrogens (tertiary/aromatic N) is 3. The van der Waals surface area contributed by atoms with Crippen LogP contribution in [0.25, 0.3) is 10.9 Å². The largest absolute Gasteiger partial charge is 0.296 e. The smallest absolute Gasteiger partial charge is 0.213 e. The van der Waals surface area contributed by atoms with Crippen molar-refractivity contribution >= 4 is 20.9 Å². The molecule has 5 nitrogen and oxygen atoms in total. The maximum atomic E-state index is 11.9. The standard InChI is InChI=1S/C17H23N3O2S/c1-3-23(21,22)20-10-8-19(9-11-20)13-15-12-14(2)18-17-7-5-4-6-16(15)17/h4-7,12H,3,8-11,13H2,1-2H3. The average Bonchev–Trinajstić information content (AvgIpc) is 2.55. The molecule has 0 N–H and O–H groups in total. The molecule has 0 bridgehead atoms. The van der Waals surface area contributed by atoms with E-state index in [0.717, 1.165) is 30.8 Å². The minimum absolute atomic E-state index is 0.182. The number of fused-ring (bicyclic) bond motifs is 1. The normalized spacial score (nSPS) is 17.7. The predicted octanol–water partition coefficient (Wildman–Crippen LogP) is 2.01. The lowest BCUT2D eigenvalue weighted by Crippen LogP contribution is -2.48. The molecule has 6 heteroatoms. The van der Waals surface area contributed by atoms with Crippen molar-refractivity contribution < 1.29 is 8.42 Å². The Morgan fingerprint density at radius 1 is 1.13 bits per heavy atom. The fourth-order valence-corrected chi connectivity index (χ4v) is 4.20. The summed E-state index contributed by atoms with van der Waals surface area (Å²) in [5.41, 5.74) is 3.31. The van der Waals surface area contributed by atoms with E-state index < -0.39 is 10.0 Å². The maximum absolute atomic E-state index is 11.9. The van der Waals surface area contributed by atoms with Crippen LogP contribution < -0.4 is 0 Å². The van der Waals surface area contributed by atoms with E-state index in [9.17, 15) is 8.42 Å². The van der Waals surface area contributed by atoms with Gasteiger partial charge in [-0.2, -0.15) is 4.31 Å². The monoisotopic (exact) mass is 333 g/mol. The molecule has 1 aliphatic rings. The quantitative estimate of drug-likeness (QED) is 0.859. The summed E-state index contributed by atoms with van der Waals surface area (Å²) in [5, 5.41) is 1.18. The van der Waals surface area contributed by atoms with E-state index in [0.29, 0.717) is 13.1 Å². The van der Waals surface area contributed by atoms with Gasteiger partial charge in [0.2, 0.25) is 10.0 Å². The number of hydrogen-bond acceptors (Lipinski definition) is 4. The molecule has 3 rings (SSSR count). The number of rotatable bonds is 4. The van der Waals surface area contributed by atoms with Crippen LogP contribution >= 0.6 is 0 Å².